The second-order valence-corrected chi connectivity index (χ2v) is 7.46. The highest BCUT2D eigenvalue weighted by Crippen LogP contribution is 2.47. The predicted octanol–water partition coefficient (Wildman–Crippen LogP) is 5.85. The lowest BCUT2D eigenvalue weighted by Crippen LogP contribution is -2.18. The van der Waals surface area contributed by atoms with E-state index in [-0.39, 0.29) is 22.4 Å². The van der Waals surface area contributed by atoms with E-state index in [9.17, 15) is 22.8 Å². The van der Waals surface area contributed by atoms with Crippen LogP contribution in [0.1, 0.15) is 12.0 Å². The number of fused-ring (bicyclic) bond motifs is 3. The van der Waals surface area contributed by atoms with Crippen molar-refractivity contribution in [1.29, 1.82) is 0 Å². The molecule has 1 aromatic heterocycles. The fourth-order valence-electron chi connectivity index (χ4n) is 3.00. The van der Waals surface area contributed by atoms with E-state index in [1.807, 2.05) is 0 Å². The van der Waals surface area contributed by atoms with Gasteiger partial charge in [-0.25, -0.2) is 14.0 Å². The number of carbonyl (C=O) groups is 2. The maximum absolute atomic E-state index is 15.1. The fraction of sp³-hybridized carbons (Fsp3) is 0.182. The second kappa shape index (κ2) is 9.39. The molecule has 0 aliphatic heterocycles. The zero-order chi connectivity index (χ0) is 23.5. The zero-order valence-corrected chi connectivity index (χ0v) is 17.3. The van der Waals surface area contributed by atoms with Gasteiger partial charge < -0.3 is 14.2 Å². The molecule has 0 aliphatic carbocycles. The minimum absolute atomic E-state index is 0.0253. The maximum Gasteiger partial charge on any atom is 0.573 e. The summed E-state index contributed by atoms with van der Waals surface area (Å²) in [6.45, 7) is 6.55. The maximum atomic E-state index is 15.1. The van der Waals surface area contributed by atoms with Gasteiger partial charge in [0.05, 0.1) is 16.0 Å². The molecule has 5 nitrogen and oxygen atoms in total. The summed E-state index contributed by atoms with van der Waals surface area (Å²) in [6.07, 6.45) is -2.66. The molecule has 2 aromatic carbocycles. The molecule has 32 heavy (non-hydrogen) atoms. The molecule has 0 radical (unpaired) electrons. The van der Waals surface area contributed by atoms with Crippen molar-refractivity contribution in [2.24, 2.45) is 0 Å². The number of halogens is 4. The monoisotopic (exact) mass is 468 g/mol. The van der Waals surface area contributed by atoms with Crippen LogP contribution in [0.5, 0.6) is 11.5 Å². The first-order valence-corrected chi connectivity index (χ1v) is 10.0. The third-order valence-corrected chi connectivity index (χ3v) is 5.56. The molecule has 0 aliphatic rings. The Hall–Kier alpha value is -3.40. The number of alkyl halides is 3. The highest BCUT2D eigenvalue weighted by Gasteiger charge is 2.34. The lowest BCUT2D eigenvalue weighted by Gasteiger charge is -2.13. The number of carbonyl (C=O) groups excluding carboxylic acids is 2. The molecular formula is C22H16F4O5S. The van der Waals surface area contributed by atoms with Gasteiger partial charge in [-0.15, -0.1) is 24.5 Å². The van der Waals surface area contributed by atoms with Crippen molar-refractivity contribution in [3.05, 3.63) is 61.0 Å². The number of benzene rings is 2. The van der Waals surface area contributed by atoms with Gasteiger partial charge in [0.2, 0.25) is 0 Å². The van der Waals surface area contributed by atoms with E-state index in [4.69, 9.17) is 9.47 Å². The molecule has 0 spiro atoms. The van der Waals surface area contributed by atoms with Crippen molar-refractivity contribution in [2.75, 3.05) is 6.61 Å². The Morgan fingerprint density at radius 2 is 1.66 bits per heavy atom. The van der Waals surface area contributed by atoms with Crippen LogP contribution in [0.4, 0.5) is 17.6 Å². The first kappa shape index (κ1) is 23.3. The van der Waals surface area contributed by atoms with Crippen LogP contribution in [0.25, 0.3) is 20.2 Å². The minimum Gasteiger partial charge on any atom is -0.463 e. The normalized spacial score (nSPS) is 11.4. The van der Waals surface area contributed by atoms with Gasteiger partial charge in [-0.05, 0) is 30.5 Å². The molecule has 0 N–H and O–H groups in total. The summed E-state index contributed by atoms with van der Waals surface area (Å²) < 4.78 is 68.2. The van der Waals surface area contributed by atoms with Crippen molar-refractivity contribution in [3.8, 4) is 11.5 Å². The molecule has 0 bridgehead atoms. The second-order valence-electron chi connectivity index (χ2n) is 6.44. The first-order valence-electron chi connectivity index (χ1n) is 9.20. The van der Waals surface area contributed by atoms with Gasteiger partial charge in [0.15, 0.2) is 11.5 Å². The molecule has 1 heterocycles. The molecule has 0 amide bonds. The number of ether oxygens (including phenoxy) is 3. The molecule has 3 rings (SSSR count). The van der Waals surface area contributed by atoms with Crippen molar-refractivity contribution in [1.82, 2.24) is 0 Å². The lowest BCUT2D eigenvalue weighted by atomic mass is 10.1. The van der Waals surface area contributed by atoms with Gasteiger partial charge in [0.1, 0.15) is 5.82 Å². The Morgan fingerprint density at radius 1 is 1.00 bits per heavy atom. The fourth-order valence-corrected chi connectivity index (χ4v) is 4.23. The lowest BCUT2D eigenvalue weighted by molar-refractivity contribution is -0.274. The third-order valence-electron chi connectivity index (χ3n) is 4.34. The average Bonchev–Trinajstić information content (AvgIpc) is 3.13. The van der Waals surface area contributed by atoms with Gasteiger partial charge in [-0.2, -0.15) is 0 Å². The Balaban J connectivity index is 2.03. The van der Waals surface area contributed by atoms with Crippen molar-refractivity contribution in [2.45, 2.75) is 19.2 Å². The summed E-state index contributed by atoms with van der Waals surface area (Å²) in [4.78, 5) is 22.6. The van der Waals surface area contributed by atoms with Crippen LogP contribution >= 0.6 is 11.3 Å². The van der Waals surface area contributed by atoms with E-state index in [1.54, 1.807) is 6.07 Å². The standard InChI is InChI=1S/C22H16F4O5S/c1-3-16(27)29-11-5-6-12-7-8-13-14-9-10-15(30-17(28)4-2)19(31-22(24,25)26)21(14)32-20(13)18(12)23/h3-4,7-10H,1-2,5-6,11H2. The van der Waals surface area contributed by atoms with Gasteiger partial charge in [0.25, 0.3) is 0 Å². The highest BCUT2D eigenvalue weighted by molar-refractivity contribution is 7.26. The summed E-state index contributed by atoms with van der Waals surface area (Å²) in [7, 11) is 0. The van der Waals surface area contributed by atoms with E-state index >= 15 is 4.39 Å². The van der Waals surface area contributed by atoms with Gasteiger partial charge in [-0.3, -0.25) is 0 Å². The number of thiophene rings is 1. The Morgan fingerprint density at radius 3 is 2.31 bits per heavy atom. The van der Waals surface area contributed by atoms with Crippen molar-refractivity contribution < 1.29 is 41.4 Å². The average molecular weight is 468 g/mol. The number of hydrogen-bond acceptors (Lipinski definition) is 6. The topological polar surface area (TPSA) is 61.8 Å². The largest absolute Gasteiger partial charge is 0.573 e. The van der Waals surface area contributed by atoms with Crippen molar-refractivity contribution >= 4 is 43.4 Å². The van der Waals surface area contributed by atoms with Crippen LogP contribution in [0.2, 0.25) is 0 Å². The van der Waals surface area contributed by atoms with Gasteiger partial charge in [-0.1, -0.05) is 25.3 Å². The smallest absolute Gasteiger partial charge is 0.463 e. The molecule has 0 saturated carbocycles. The predicted molar refractivity (Wildman–Crippen MR) is 111 cm³/mol. The zero-order valence-electron chi connectivity index (χ0n) is 16.5. The molecule has 0 saturated heterocycles. The summed E-state index contributed by atoms with van der Waals surface area (Å²) in [5.41, 5.74) is 0.315. The van der Waals surface area contributed by atoms with E-state index in [0.29, 0.717) is 22.8 Å². The summed E-state index contributed by atoms with van der Waals surface area (Å²) in [5.74, 6) is -3.35. The number of rotatable bonds is 8. The van der Waals surface area contributed by atoms with E-state index < -0.39 is 35.6 Å². The molecule has 168 valence electrons. The molecule has 10 heteroatoms. The Labute approximate surface area is 183 Å². The quantitative estimate of drug-likeness (QED) is 0.137. The number of esters is 2. The van der Waals surface area contributed by atoms with Crippen LogP contribution in [0, 0.1) is 5.82 Å². The van der Waals surface area contributed by atoms with Crippen LogP contribution < -0.4 is 9.47 Å². The minimum atomic E-state index is -5.06. The van der Waals surface area contributed by atoms with Crippen LogP contribution in [-0.2, 0) is 20.7 Å². The van der Waals surface area contributed by atoms with Crippen LogP contribution in [0.3, 0.4) is 0 Å². The number of aryl methyl sites for hydroxylation is 1. The highest BCUT2D eigenvalue weighted by atomic mass is 32.1. The molecule has 3 aromatic rings. The Kier molecular flexibility index (Phi) is 6.83. The van der Waals surface area contributed by atoms with Gasteiger partial charge in [0, 0.05) is 22.9 Å². The van der Waals surface area contributed by atoms with Gasteiger partial charge >= 0.3 is 18.3 Å². The molecule has 0 unspecified atom stereocenters. The summed E-state index contributed by atoms with van der Waals surface area (Å²) in [5, 5.41) is 0.700. The van der Waals surface area contributed by atoms with Crippen molar-refractivity contribution in [3.63, 3.8) is 0 Å². The van der Waals surface area contributed by atoms with E-state index in [0.717, 1.165) is 29.6 Å². The molecule has 0 atom stereocenters. The molecular weight excluding hydrogens is 452 g/mol. The summed E-state index contributed by atoms with van der Waals surface area (Å²) in [6, 6.07) is 5.69. The first-order chi connectivity index (χ1) is 15.1. The summed E-state index contributed by atoms with van der Waals surface area (Å²) >= 11 is 0.751. The Bertz CT molecular complexity index is 1210. The van der Waals surface area contributed by atoms with E-state index in [2.05, 4.69) is 17.9 Å². The third kappa shape index (κ3) is 5.08. The number of hydrogen-bond donors (Lipinski definition) is 0. The molecule has 0 fully saturated rings. The van der Waals surface area contributed by atoms with Crippen LogP contribution in [-0.4, -0.2) is 24.9 Å². The SMILES string of the molecule is C=CC(=O)OCCCc1ccc2c(sc3c(OC(F)(F)F)c(OC(=O)C=C)ccc32)c1F. The van der Waals surface area contributed by atoms with Crippen LogP contribution in [0.15, 0.2) is 49.6 Å². The van der Waals surface area contributed by atoms with E-state index in [1.165, 1.54) is 12.1 Å².